The Hall–Kier alpha value is -2.53. The molecule has 5 heteroatoms. The molecule has 0 saturated carbocycles. The number of quaternary nitrogens is 1. The fourth-order valence-corrected chi connectivity index (χ4v) is 6.75. The van der Waals surface area contributed by atoms with Crippen molar-refractivity contribution in [1.29, 1.82) is 0 Å². The standard InChI is InChI=1S/C29H38N2O3/c1-28(2,3)25-17-21(20-9-6-5-7-10-20)13-15-31(25)27(32)23-18-30-19-29(23)14-16-34-26-22(29)11-8-12-24(26)33-4/h5-12,21,23,25,30H,13-19H2,1-4H3/p+1/t21-,23+,25+,29+/m1/s1. The number of hydrogen-bond acceptors (Lipinski definition) is 3. The Morgan fingerprint density at radius 2 is 1.94 bits per heavy atom. The van der Waals surface area contributed by atoms with E-state index < -0.39 is 0 Å². The van der Waals surface area contributed by atoms with Crippen molar-refractivity contribution in [2.45, 2.75) is 57.4 Å². The number of nitrogens with zero attached hydrogens (tertiary/aromatic N) is 1. The summed E-state index contributed by atoms with van der Waals surface area (Å²) in [7, 11) is 1.69. The van der Waals surface area contributed by atoms with Crippen molar-refractivity contribution in [3.8, 4) is 11.5 Å². The third kappa shape index (κ3) is 3.88. The van der Waals surface area contributed by atoms with Gasteiger partial charge in [0.25, 0.3) is 0 Å². The summed E-state index contributed by atoms with van der Waals surface area (Å²) < 4.78 is 11.7. The number of carbonyl (C=O) groups excluding carboxylic acids is 1. The molecular weight excluding hydrogens is 424 g/mol. The van der Waals surface area contributed by atoms with E-state index in [0.717, 1.165) is 56.0 Å². The molecule has 1 amide bonds. The molecule has 3 heterocycles. The van der Waals surface area contributed by atoms with E-state index in [1.54, 1.807) is 7.11 Å². The van der Waals surface area contributed by atoms with Gasteiger partial charge in [-0.15, -0.1) is 0 Å². The number of para-hydroxylation sites is 1. The highest BCUT2D eigenvalue weighted by molar-refractivity contribution is 5.82. The summed E-state index contributed by atoms with van der Waals surface area (Å²) in [5.41, 5.74) is 2.38. The van der Waals surface area contributed by atoms with Gasteiger partial charge < -0.3 is 19.7 Å². The number of rotatable bonds is 3. The summed E-state index contributed by atoms with van der Waals surface area (Å²) in [6.07, 6.45) is 2.93. The average Bonchev–Trinajstić information content (AvgIpc) is 3.27. The fourth-order valence-electron chi connectivity index (χ4n) is 6.75. The Labute approximate surface area is 203 Å². The van der Waals surface area contributed by atoms with Crippen LogP contribution in [0.3, 0.4) is 0 Å². The molecule has 4 atom stereocenters. The lowest BCUT2D eigenvalue weighted by Crippen LogP contribution is -2.82. The zero-order chi connectivity index (χ0) is 23.9. The van der Waals surface area contributed by atoms with Crippen LogP contribution in [0.4, 0.5) is 0 Å². The molecule has 0 aliphatic carbocycles. The number of nitrogens with two attached hydrogens (primary N) is 1. The topological polar surface area (TPSA) is 55.4 Å². The Morgan fingerprint density at radius 1 is 1.15 bits per heavy atom. The van der Waals surface area contributed by atoms with E-state index in [1.165, 1.54) is 5.56 Å². The maximum atomic E-state index is 14.4. The molecule has 34 heavy (non-hydrogen) atoms. The first-order valence-electron chi connectivity index (χ1n) is 12.8. The van der Waals surface area contributed by atoms with Gasteiger partial charge in [-0.25, -0.2) is 0 Å². The van der Waals surface area contributed by atoms with Gasteiger partial charge in [-0.3, -0.25) is 4.79 Å². The van der Waals surface area contributed by atoms with Crippen LogP contribution in [-0.2, 0) is 10.2 Å². The molecule has 2 aromatic rings. The van der Waals surface area contributed by atoms with Crippen molar-refractivity contribution < 1.29 is 19.6 Å². The highest BCUT2D eigenvalue weighted by atomic mass is 16.5. The van der Waals surface area contributed by atoms with Crippen LogP contribution >= 0.6 is 0 Å². The molecule has 182 valence electrons. The van der Waals surface area contributed by atoms with Crippen molar-refractivity contribution in [3.63, 3.8) is 0 Å². The minimum atomic E-state index is -0.197. The zero-order valence-corrected chi connectivity index (χ0v) is 21.0. The molecule has 3 aliphatic rings. The molecule has 3 aliphatic heterocycles. The number of benzene rings is 2. The molecule has 2 aromatic carbocycles. The van der Waals surface area contributed by atoms with Crippen molar-refractivity contribution in [1.82, 2.24) is 4.90 Å². The minimum Gasteiger partial charge on any atom is -0.493 e. The highest BCUT2D eigenvalue weighted by Gasteiger charge is 2.56. The molecule has 5 rings (SSSR count). The Kier molecular flexibility index (Phi) is 6.09. The van der Waals surface area contributed by atoms with Gasteiger partial charge in [0.2, 0.25) is 5.91 Å². The van der Waals surface area contributed by atoms with Crippen LogP contribution in [0.1, 0.15) is 57.1 Å². The van der Waals surface area contributed by atoms with Crippen LogP contribution in [0.2, 0.25) is 0 Å². The Morgan fingerprint density at radius 3 is 2.68 bits per heavy atom. The van der Waals surface area contributed by atoms with Crippen LogP contribution in [-0.4, -0.2) is 50.2 Å². The Balaban J connectivity index is 1.46. The maximum absolute atomic E-state index is 14.4. The maximum Gasteiger partial charge on any atom is 0.232 e. The van der Waals surface area contributed by atoms with Crippen LogP contribution < -0.4 is 14.8 Å². The molecule has 2 N–H and O–H groups in total. The SMILES string of the molecule is COc1cccc2c1OCC[C@]21C[NH2+]C[C@H]1C(=O)N1CC[C@@H](c2ccccc2)C[C@H]1C(C)(C)C. The molecule has 0 bridgehead atoms. The summed E-state index contributed by atoms with van der Waals surface area (Å²) in [5, 5.41) is 2.33. The lowest BCUT2D eigenvalue weighted by Gasteiger charge is -2.48. The number of likely N-dealkylation sites (tertiary alicyclic amines) is 1. The molecule has 1 spiro atoms. The van der Waals surface area contributed by atoms with Crippen LogP contribution in [0.15, 0.2) is 48.5 Å². The van der Waals surface area contributed by atoms with Crippen molar-refractivity contribution in [2.75, 3.05) is 33.4 Å². The summed E-state index contributed by atoms with van der Waals surface area (Å²) in [4.78, 5) is 16.6. The van der Waals surface area contributed by atoms with Gasteiger partial charge in [-0.2, -0.15) is 0 Å². The molecule has 0 radical (unpaired) electrons. The molecule has 5 nitrogen and oxygen atoms in total. The first-order chi connectivity index (χ1) is 16.3. The van der Waals surface area contributed by atoms with Gasteiger partial charge in [0.15, 0.2) is 11.5 Å². The normalized spacial score (nSPS) is 28.9. The van der Waals surface area contributed by atoms with E-state index in [4.69, 9.17) is 9.47 Å². The molecular formula is C29H39N2O3+. The van der Waals surface area contributed by atoms with Gasteiger partial charge in [0.05, 0.1) is 32.2 Å². The molecule has 2 saturated heterocycles. The lowest BCUT2D eigenvalue weighted by atomic mass is 9.67. The Bertz CT molecular complexity index is 1030. The molecule has 0 unspecified atom stereocenters. The summed E-state index contributed by atoms with van der Waals surface area (Å²) in [5.74, 6) is 2.40. The van der Waals surface area contributed by atoms with E-state index in [0.29, 0.717) is 18.4 Å². The summed E-state index contributed by atoms with van der Waals surface area (Å²) >= 11 is 0. The second kappa shape index (κ2) is 8.92. The van der Waals surface area contributed by atoms with Gasteiger partial charge in [-0.05, 0) is 42.2 Å². The predicted molar refractivity (Wildman–Crippen MR) is 133 cm³/mol. The smallest absolute Gasteiger partial charge is 0.232 e. The average molecular weight is 464 g/mol. The minimum absolute atomic E-state index is 0.0232. The predicted octanol–water partition coefficient (Wildman–Crippen LogP) is 3.73. The van der Waals surface area contributed by atoms with Crippen LogP contribution in [0, 0.1) is 11.3 Å². The van der Waals surface area contributed by atoms with E-state index in [2.05, 4.69) is 67.4 Å². The number of amides is 1. The van der Waals surface area contributed by atoms with Gasteiger partial charge in [-0.1, -0.05) is 63.2 Å². The fraction of sp³-hybridized carbons (Fsp3) is 0.552. The van der Waals surface area contributed by atoms with E-state index in [9.17, 15) is 4.79 Å². The molecule has 0 aromatic heterocycles. The number of hydrogen-bond donors (Lipinski definition) is 1. The second-order valence-corrected chi connectivity index (χ2v) is 11.4. The quantitative estimate of drug-likeness (QED) is 0.755. The summed E-state index contributed by atoms with van der Waals surface area (Å²) in [6.45, 7) is 10.1. The van der Waals surface area contributed by atoms with Crippen LogP contribution in [0.25, 0.3) is 0 Å². The van der Waals surface area contributed by atoms with Gasteiger partial charge >= 0.3 is 0 Å². The highest BCUT2D eigenvalue weighted by Crippen LogP contribution is 2.49. The van der Waals surface area contributed by atoms with Gasteiger partial charge in [0.1, 0.15) is 5.92 Å². The van der Waals surface area contributed by atoms with Crippen molar-refractivity contribution in [3.05, 3.63) is 59.7 Å². The largest absolute Gasteiger partial charge is 0.493 e. The first kappa shape index (κ1) is 23.2. The second-order valence-electron chi connectivity index (χ2n) is 11.4. The van der Waals surface area contributed by atoms with E-state index in [-0.39, 0.29) is 22.8 Å². The third-order valence-electron chi connectivity index (χ3n) is 8.56. The van der Waals surface area contributed by atoms with Crippen molar-refractivity contribution in [2.24, 2.45) is 11.3 Å². The summed E-state index contributed by atoms with van der Waals surface area (Å²) in [6, 6.07) is 17.2. The lowest BCUT2D eigenvalue weighted by molar-refractivity contribution is -0.640. The zero-order valence-electron chi connectivity index (χ0n) is 21.0. The number of fused-ring (bicyclic) bond motifs is 2. The third-order valence-corrected chi connectivity index (χ3v) is 8.56. The van der Waals surface area contributed by atoms with E-state index >= 15 is 0 Å². The number of methoxy groups -OCH3 is 1. The molecule has 2 fully saturated rings. The first-order valence-corrected chi connectivity index (χ1v) is 12.8. The number of ether oxygens (including phenoxy) is 2. The monoisotopic (exact) mass is 463 g/mol. The number of piperidine rings is 1. The van der Waals surface area contributed by atoms with Gasteiger partial charge in [0, 0.05) is 18.2 Å². The van der Waals surface area contributed by atoms with Crippen molar-refractivity contribution >= 4 is 5.91 Å². The van der Waals surface area contributed by atoms with E-state index in [1.807, 2.05) is 12.1 Å². The number of carbonyl (C=O) groups is 1. The van der Waals surface area contributed by atoms with Crippen LogP contribution in [0.5, 0.6) is 11.5 Å².